The quantitative estimate of drug-likeness (QED) is 0.186. The predicted octanol–water partition coefficient (Wildman–Crippen LogP) is 6.48. The van der Waals surface area contributed by atoms with Gasteiger partial charge in [-0.2, -0.15) is 0 Å². The fourth-order valence-corrected chi connectivity index (χ4v) is 4.86. The summed E-state index contributed by atoms with van der Waals surface area (Å²) in [6.07, 6.45) is 7.58. The van der Waals surface area contributed by atoms with Crippen molar-refractivity contribution in [2.75, 3.05) is 19.3 Å². The van der Waals surface area contributed by atoms with Crippen LogP contribution in [0.15, 0.2) is 36.4 Å². The molecule has 190 valence electrons. The predicted molar refractivity (Wildman–Crippen MR) is 142 cm³/mol. The molecule has 0 fully saturated rings. The highest BCUT2D eigenvalue weighted by Crippen LogP contribution is 2.34. The lowest BCUT2D eigenvalue weighted by Gasteiger charge is -2.18. The van der Waals surface area contributed by atoms with E-state index in [2.05, 4.69) is 63.3 Å². The summed E-state index contributed by atoms with van der Waals surface area (Å²) in [6.45, 7) is 10.7. The van der Waals surface area contributed by atoms with Gasteiger partial charge < -0.3 is 19.8 Å². The second kappa shape index (κ2) is 14.7. The second-order valence-corrected chi connectivity index (χ2v) is 11.4. The van der Waals surface area contributed by atoms with Gasteiger partial charge in [-0.25, -0.2) is 0 Å². The Labute approximate surface area is 206 Å². The van der Waals surface area contributed by atoms with E-state index in [1.54, 1.807) is 0 Å². The molecule has 0 heterocycles. The van der Waals surface area contributed by atoms with Gasteiger partial charge >= 0.3 is 7.60 Å². The Balaban J connectivity index is 1.76. The van der Waals surface area contributed by atoms with Crippen molar-refractivity contribution < 1.29 is 19.1 Å². The molecule has 0 saturated carbocycles. The normalized spacial score (nSPS) is 12.6. The minimum Gasteiger partial charge on any atom is -0.493 e. The van der Waals surface area contributed by atoms with E-state index in [0.29, 0.717) is 25.4 Å². The number of aryl methyl sites for hydroxylation is 3. The van der Waals surface area contributed by atoms with Crippen LogP contribution in [0.2, 0.25) is 0 Å². The number of unbranched alkanes of at least 4 members (excludes halogenated alkanes) is 1. The van der Waals surface area contributed by atoms with Gasteiger partial charge in [-0.05, 0) is 92.8 Å². The molecule has 0 saturated heterocycles. The van der Waals surface area contributed by atoms with E-state index in [-0.39, 0.29) is 6.16 Å². The first-order valence-corrected chi connectivity index (χ1v) is 14.5. The zero-order valence-electron chi connectivity index (χ0n) is 21.5. The molecule has 0 radical (unpaired) electrons. The van der Waals surface area contributed by atoms with Crippen LogP contribution in [0.4, 0.5) is 0 Å². The molecule has 2 aromatic carbocycles. The third-order valence-corrected chi connectivity index (χ3v) is 7.35. The molecule has 3 N–H and O–H groups in total. The lowest BCUT2D eigenvalue weighted by Crippen LogP contribution is -2.16. The van der Waals surface area contributed by atoms with E-state index in [9.17, 15) is 4.57 Å². The van der Waals surface area contributed by atoms with E-state index in [1.165, 1.54) is 42.4 Å². The van der Waals surface area contributed by atoms with Crippen molar-refractivity contribution in [3.63, 3.8) is 0 Å². The number of rotatable bonds is 16. The average molecular weight is 490 g/mol. The van der Waals surface area contributed by atoms with E-state index in [4.69, 9.17) is 14.5 Å². The Kier molecular flexibility index (Phi) is 12.3. The molecule has 0 aliphatic carbocycles. The molecule has 0 aliphatic rings. The topological polar surface area (TPSA) is 78.8 Å². The van der Waals surface area contributed by atoms with Gasteiger partial charge in [0.15, 0.2) is 0 Å². The van der Waals surface area contributed by atoms with Crippen molar-refractivity contribution in [3.05, 3.63) is 64.2 Å². The molecular weight excluding hydrogens is 445 g/mol. The third kappa shape index (κ3) is 11.2. The first-order chi connectivity index (χ1) is 16.2. The van der Waals surface area contributed by atoms with Gasteiger partial charge in [-0.15, -0.1) is 0 Å². The minimum absolute atomic E-state index is 0.0736. The molecule has 0 aromatic heterocycles. The van der Waals surface area contributed by atoms with Crippen LogP contribution in [-0.4, -0.2) is 29.1 Å². The highest BCUT2D eigenvalue weighted by molar-refractivity contribution is 7.51. The van der Waals surface area contributed by atoms with Gasteiger partial charge in [0.25, 0.3) is 0 Å². The molecule has 34 heavy (non-hydrogen) atoms. The van der Waals surface area contributed by atoms with Crippen molar-refractivity contribution in [1.29, 1.82) is 0 Å². The van der Waals surface area contributed by atoms with Crippen LogP contribution in [0.5, 0.6) is 5.75 Å². The maximum Gasteiger partial charge on any atom is 0.325 e. The lowest BCUT2D eigenvalue weighted by molar-refractivity contribution is 0.285. The first kappa shape index (κ1) is 28.6. The van der Waals surface area contributed by atoms with E-state index < -0.39 is 7.60 Å². The van der Waals surface area contributed by atoms with Crippen LogP contribution >= 0.6 is 7.60 Å². The highest BCUT2D eigenvalue weighted by Gasteiger charge is 2.12. The zero-order chi connectivity index (χ0) is 25.0. The maximum absolute atomic E-state index is 10.9. The third-order valence-electron chi connectivity index (χ3n) is 6.45. The molecule has 2 rings (SSSR count). The average Bonchev–Trinajstić information content (AvgIpc) is 2.77. The molecule has 0 bridgehead atoms. The zero-order valence-corrected chi connectivity index (χ0v) is 22.4. The first-order valence-electron chi connectivity index (χ1n) is 12.7. The van der Waals surface area contributed by atoms with Crippen molar-refractivity contribution in [3.8, 4) is 5.75 Å². The smallest absolute Gasteiger partial charge is 0.325 e. The Hall–Kier alpha value is -1.65. The van der Waals surface area contributed by atoms with Gasteiger partial charge in [-0.3, -0.25) is 4.57 Å². The monoisotopic (exact) mass is 489 g/mol. The summed E-state index contributed by atoms with van der Waals surface area (Å²) in [6, 6.07) is 13.1. The van der Waals surface area contributed by atoms with Gasteiger partial charge in [-0.1, -0.05) is 56.5 Å². The molecule has 1 unspecified atom stereocenters. The molecule has 5 nitrogen and oxygen atoms in total. The summed E-state index contributed by atoms with van der Waals surface area (Å²) in [5.74, 6) is 1.63. The van der Waals surface area contributed by atoms with Crippen LogP contribution in [0, 0.1) is 26.7 Å². The Morgan fingerprint density at radius 1 is 0.912 bits per heavy atom. The Morgan fingerprint density at radius 3 is 2.29 bits per heavy atom. The fourth-order valence-electron chi connectivity index (χ4n) is 4.29. The van der Waals surface area contributed by atoms with Gasteiger partial charge in [0, 0.05) is 6.54 Å². The molecule has 2 aromatic rings. The lowest BCUT2D eigenvalue weighted by atomic mass is 9.89. The van der Waals surface area contributed by atoms with Crippen LogP contribution in [-0.2, 0) is 17.5 Å². The van der Waals surface area contributed by atoms with Crippen LogP contribution in [0.3, 0.4) is 0 Å². The number of ether oxygens (including phenoxy) is 1. The molecule has 1 atom stereocenters. The summed E-state index contributed by atoms with van der Waals surface area (Å²) in [5, 5.41) is 3.24. The van der Waals surface area contributed by atoms with Crippen molar-refractivity contribution in [2.24, 2.45) is 5.92 Å². The van der Waals surface area contributed by atoms with Gasteiger partial charge in [0.05, 0.1) is 12.8 Å². The summed E-state index contributed by atoms with van der Waals surface area (Å²) >= 11 is 0. The largest absolute Gasteiger partial charge is 0.493 e. The fraction of sp³-hybridized carbons (Fsp3) is 0.571. The number of hydrogen-bond acceptors (Lipinski definition) is 3. The van der Waals surface area contributed by atoms with Gasteiger partial charge in [0.2, 0.25) is 0 Å². The standard InChI is InChI=1S/C28H44NO4P/c1-5-6-9-25(20-26-12-11-22(2)23(3)18-26)10-7-16-33-28-14-13-27(19-24(28)4)21-29-15-8-17-34(30,31)32/h11-14,18-19,25,29H,5-10,15-17,20-21H2,1-4H3,(H2,30,31,32). The number of hydrogen-bond donors (Lipinski definition) is 3. The molecule has 0 aliphatic heterocycles. The minimum atomic E-state index is -3.90. The van der Waals surface area contributed by atoms with Crippen molar-refractivity contribution >= 4 is 7.60 Å². The molecule has 6 heteroatoms. The summed E-state index contributed by atoms with van der Waals surface area (Å²) < 4.78 is 17.0. The highest BCUT2D eigenvalue weighted by atomic mass is 31.2. The van der Waals surface area contributed by atoms with Crippen LogP contribution < -0.4 is 10.1 Å². The van der Waals surface area contributed by atoms with E-state index >= 15 is 0 Å². The van der Waals surface area contributed by atoms with Crippen LogP contribution in [0.25, 0.3) is 0 Å². The SMILES string of the molecule is CCCCC(CCCOc1ccc(CNCCCP(=O)(O)O)cc1C)Cc1ccc(C)c(C)c1. The van der Waals surface area contributed by atoms with Crippen LogP contribution in [0.1, 0.15) is 73.3 Å². The number of benzene rings is 2. The van der Waals surface area contributed by atoms with E-state index in [0.717, 1.165) is 36.3 Å². The Morgan fingerprint density at radius 2 is 1.62 bits per heavy atom. The molecular formula is C28H44NO4P. The van der Waals surface area contributed by atoms with Crippen molar-refractivity contribution in [1.82, 2.24) is 5.32 Å². The summed E-state index contributed by atoms with van der Waals surface area (Å²) in [7, 11) is -3.90. The van der Waals surface area contributed by atoms with Gasteiger partial charge in [0.1, 0.15) is 5.75 Å². The number of nitrogens with one attached hydrogen (secondary N) is 1. The Bertz CT molecular complexity index is 925. The maximum atomic E-state index is 10.9. The van der Waals surface area contributed by atoms with E-state index in [1.807, 2.05) is 6.07 Å². The second-order valence-electron chi connectivity index (χ2n) is 9.64. The molecule has 0 spiro atoms. The summed E-state index contributed by atoms with van der Waals surface area (Å²) in [5.41, 5.74) is 6.46. The summed E-state index contributed by atoms with van der Waals surface area (Å²) in [4.78, 5) is 17.8. The molecule has 0 amide bonds. The van der Waals surface area contributed by atoms with Crippen molar-refractivity contribution in [2.45, 2.75) is 79.2 Å².